The molecule has 100 valence electrons. The Morgan fingerprint density at radius 1 is 1.16 bits per heavy atom. The van der Waals surface area contributed by atoms with Gasteiger partial charge in [0.15, 0.2) is 0 Å². The van der Waals surface area contributed by atoms with Gasteiger partial charge in [0.25, 0.3) is 0 Å². The first-order chi connectivity index (χ1) is 8.86. The molecule has 4 nitrogen and oxygen atoms in total. The fraction of sp³-hybridized carbons (Fsp3) is 0.167. The van der Waals surface area contributed by atoms with Crippen LogP contribution in [0.2, 0.25) is 0 Å². The lowest BCUT2D eigenvalue weighted by molar-refractivity contribution is -0.141. The Kier molecular flexibility index (Phi) is 3.28. The van der Waals surface area contributed by atoms with Gasteiger partial charge in [-0.2, -0.15) is 13.2 Å². The predicted octanol–water partition coefficient (Wildman–Crippen LogP) is 3.13. The SMILES string of the molecule is Cc1cc(N)cnc1Nc1ccc(C(F)(F)F)nc1. The number of rotatable bonds is 2. The number of nitrogens with one attached hydrogen (secondary N) is 1. The number of aryl methyl sites for hydroxylation is 1. The number of pyridine rings is 2. The molecule has 0 fully saturated rings. The van der Waals surface area contributed by atoms with E-state index in [1.54, 1.807) is 13.0 Å². The van der Waals surface area contributed by atoms with E-state index < -0.39 is 11.9 Å². The van der Waals surface area contributed by atoms with Crippen molar-refractivity contribution < 1.29 is 13.2 Å². The van der Waals surface area contributed by atoms with Crippen LogP contribution in [-0.2, 0) is 6.18 Å². The third kappa shape index (κ3) is 3.12. The second-order valence-electron chi connectivity index (χ2n) is 3.99. The van der Waals surface area contributed by atoms with E-state index in [0.717, 1.165) is 17.8 Å². The number of hydrogen-bond acceptors (Lipinski definition) is 4. The Morgan fingerprint density at radius 2 is 1.89 bits per heavy atom. The summed E-state index contributed by atoms with van der Waals surface area (Å²) in [7, 11) is 0. The standard InChI is InChI=1S/C12H11F3N4/c1-7-4-8(16)5-18-11(7)19-9-2-3-10(17-6-9)12(13,14)15/h2-6H,16H2,1H3,(H,18,19). The van der Waals surface area contributed by atoms with Crippen LogP contribution in [0.15, 0.2) is 30.6 Å². The molecule has 2 aromatic heterocycles. The Hall–Kier alpha value is -2.31. The average molecular weight is 268 g/mol. The summed E-state index contributed by atoms with van der Waals surface area (Å²) >= 11 is 0. The van der Waals surface area contributed by atoms with Crippen LogP contribution in [0.5, 0.6) is 0 Å². The number of halogens is 3. The lowest BCUT2D eigenvalue weighted by Crippen LogP contribution is -2.07. The number of nitrogens with zero attached hydrogens (tertiary/aromatic N) is 2. The van der Waals surface area contributed by atoms with Gasteiger partial charge >= 0.3 is 6.18 Å². The van der Waals surface area contributed by atoms with Crippen LogP contribution in [0.4, 0.5) is 30.4 Å². The first-order valence-electron chi connectivity index (χ1n) is 5.38. The zero-order valence-corrected chi connectivity index (χ0v) is 9.99. The summed E-state index contributed by atoms with van der Waals surface area (Å²) in [6.07, 6.45) is -1.86. The van der Waals surface area contributed by atoms with Crippen molar-refractivity contribution in [3.8, 4) is 0 Å². The van der Waals surface area contributed by atoms with E-state index in [2.05, 4.69) is 15.3 Å². The van der Waals surface area contributed by atoms with Crippen LogP contribution < -0.4 is 11.1 Å². The third-order valence-corrected chi connectivity index (χ3v) is 2.42. The summed E-state index contributed by atoms with van der Waals surface area (Å²) in [6.45, 7) is 1.79. The molecule has 0 unspecified atom stereocenters. The molecule has 2 aromatic rings. The molecule has 0 saturated heterocycles. The molecule has 0 aliphatic carbocycles. The maximum absolute atomic E-state index is 12.3. The number of hydrogen-bond donors (Lipinski definition) is 2. The van der Waals surface area contributed by atoms with Gasteiger partial charge in [0.05, 0.1) is 23.8 Å². The molecule has 2 rings (SSSR count). The van der Waals surface area contributed by atoms with Gasteiger partial charge < -0.3 is 11.1 Å². The quantitative estimate of drug-likeness (QED) is 0.878. The van der Waals surface area contributed by atoms with Crippen molar-refractivity contribution in [2.24, 2.45) is 0 Å². The molecule has 2 heterocycles. The first kappa shape index (κ1) is 13.1. The number of anilines is 3. The molecule has 3 N–H and O–H groups in total. The Labute approximate surface area is 107 Å². The maximum atomic E-state index is 12.3. The summed E-state index contributed by atoms with van der Waals surface area (Å²) in [5.41, 5.74) is 6.37. The fourth-order valence-corrected chi connectivity index (χ4v) is 1.50. The number of alkyl halides is 3. The van der Waals surface area contributed by atoms with Crippen LogP contribution in [0.25, 0.3) is 0 Å². The van der Waals surface area contributed by atoms with Gasteiger partial charge in [-0.15, -0.1) is 0 Å². The molecule has 0 spiro atoms. The highest BCUT2D eigenvalue weighted by Crippen LogP contribution is 2.28. The molecule has 0 aromatic carbocycles. The zero-order chi connectivity index (χ0) is 14.0. The lowest BCUT2D eigenvalue weighted by Gasteiger charge is -2.10. The Bertz CT molecular complexity index is 579. The maximum Gasteiger partial charge on any atom is 0.433 e. The van der Waals surface area contributed by atoms with Crippen molar-refractivity contribution in [1.82, 2.24) is 9.97 Å². The normalized spacial score (nSPS) is 11.4. The van der Waals surface area contributed by atoms with Crippen LogP contribution >= 0.6 is 0 Å². The van der Waals surface area contributed by atoms with Gasteiger partial charge in [0.2, 0.25) is 0 Å². The predicted molar refractivity (Wildman–Crippen MR) is 65.9 cm³/mol. The van der Waals surface area contributed by atoms with Crippen LogP contribution in [-0.4, -0.2) is 9.97 Å². The average Bonchev–Trinajstić information content (AvgIpc) is 2.32. The summed E-state index contributed by atoms with van der Waals surface area (Å²) < 4.78 is 37.0. The van der Waals surface area contributed by atoms with Crippen molar-refractivity contribution >= 4 is 17.2 Å². The fourth-order valence-electron chi connectivity index (χ4n) is 1.50. The van der Waals surface area contributed by atoms with Crippen molar-refractivity contribution in [2.45, 2.75) is 13.1 Å². The first-order valence-corrected chi connectivity index (χ1v) is 5.38. The molecule has 7 heteroatoms. The minimum Gasteiger partial charge on any atom is -0.397 e. The smallest absolute Gasteiger partial charge is 0.397 e. The van der Waals surface area contributed by atoms with Crippen LogP contribution in [0.3, 0.4) is 0 Å². The molecule has 0 radical (unpaired) electrons. The van der Waals surface area contributed by atoms with E-state index >= 15 is 0 Å². The topological polar surface area (TPSA) is 63.8 Å². The van der Waals surface area contributed by atoms with E-state index in [1.807, 2.05) is 0 Å². The molecule has 0 aliphatic rings. The minimum absolute atomic E-state index is 0.424. The van der Waals surface area contributed by atoms with E-state index in [-0.39, 0.29) is 0 Å². The van der Waals surface area contributed by atoms with Crippen molar-refractivity contribution in [3.63, 3.8) is 0 Å². The second kappa shape index (κ2) is 4.75. The molecule has 0 aliphatic heterocycles. The van der Waals surface area contributed by atoms with E-state index in [1.165, 1.54) is 12.3 Å². The van der Waals surface area contributed by atoms with Crippen molar-refractivity contribution in [2.75, 3.05) is 11.1 Å². The molecule has 0 amide bonds. The largest absolute Gasteiger partial charge is 0.433 e. The summed E-state index contributed by atoms with van der Waals surface area (Å²) in [6, 6.07) is 3.93. The van der Waals surface area contributed by atoms with Crippen molar-refractivity contribution in [1.29, 1.82) is 0 Å². The van der Waals surface area contributed by atoms with Gasteiger partial charge in [-0.3, -0.25) is 0 Å². The number of nitrogen functional groups attached to an aromatic ring is 1. The lowest BCUT2D eigenvalue weighted by atomic mass is 10.2. The van der Waals surface area contributed by atoms with Gasteiger partial charge in [0, 0.05) is 0 Å². The van der Waals surface area contributed by atoms with E-state index in [4.69, 9.17) is 5.73 Å². The summed E-state index contributed by atoms with van der Waals surface area (Å²) in [4.78, 5) is 7.41. The molecule has 0 bridgehead atoms. The second-order valence-corrected chi connectivity index (χ2v) is 3.99. The highest BCUT2D eigenvalue weighted by atomic mass is 19.4. The molecular formula is C12H11F3N4. The summed E-state index contributed by atoms with van der Waals surface area (Å²) in [5.74, 6) is 0.524. The number of nitrogens with two attached hydrogens (primary N) is 1. The summed E-state index contributed by atoms with van der Waals surface area (Å²) in [5, 5.41) is 2.88. The van der Waals surface area contributed by atoms with Gasteiger partial charge in [-0.1, -0.05) is 0 Å². The van der Waals surface area contributed by atoms with Crippen LogP contribution in [0.1, 0.15) is 11.3 Å². The highest BCUT2D eigenvalue weighted by Gasteiger charge is 2.31. The van der Waals surface area contributed by atoms with E-state index in [0.29, 0.717) is 17.2 Å². The van der Waals surface area contributed by atoms with Gasteiger partial charge in [-0.05, 0) is 30.7 Å². The van der Waals surface area contributed by atoms with Crippen molar-refractivity contribution in [3.05, 3.63) is 41.9 Å². The zero-order valence-electron chi connectivity index (χ0n) is 9.99. The molecular weight excluding hydrogens is 257 g/mol. The minimum atomic E-state index is -4.44. The highest BCUT2D eigenvalue weighted by molar-refractivity contribution is 5.60. The van der Waals surface area contributed by atoms with Gasteiger partial charge in [-0.25, -0.2) is 9.97 Å². The molecule has 19 heavy (non-hydrogen) atoms. The molecule has 0 saturated carbocycles. The monoisotopic (exact) mass is 268 g/mol. The third-order valence-electron chi connectivity index (χ3n) is 2.42. The number of aromatic nitrogens is 2. The van der Waals surface area contributed by atoms with E-state index in [9.17, 15) is 13.2 Å². The Balaban J connectivity index is 2.20. The Morgan fingerprint density at radius 3 is 2.42 bits per heavy atom. The van der Waals surface area contributed by atoms with Crippen LogP contribution in [0, 0.1) is 6.92 Å². The van der Waals surface area contributed by atoms with Gasteiger partial charge in [0.1, 0.15) is 11.5 Å². The molecule has 0 atom stereocenters.